The SMILES string of the molecule is COc1cc(CO)cc2c1O[C@@H]1[C@@H](O)[C@H](N(C(=O)c3cc4ccccc4oc3=O)C3CCCCCC3)C=C(C(=O)NCCO)[C@H]21. The summed E-state index contributed by atoms with van der Waals surface area (Å²) in [5, 5.41) is 34.7. The van der Waals surface area contributed by atoms with Crippen molar-refractivity contribution < 1.29 is 38.8 Å². The molecular weight excluding hydrogens is 580 g/mol. The Balaban J connectivity index is 1.49. The van der Waals surface area contributed by atoms with E-state index < -0.39 is 41.6 Å². The Morgan fingerprint density at radius 1 is 1.07 bits per heavy atom. The second-order valence-electron chi connectivity index (χ2n) is 11.9. The molecule has 1 aliphatic heterocycles. The van der Waals surface area contributed by atoms with E-state index in [1.807, 2.05) is 0 Å². The van der Waals surface area contributed by atoms with E-state index in [9.17, 15) is 29.7 Å². The smallest absolute Gasteiger partial charge is 0.349 e. The maximum absolute atomic E-state index is 14.5. The zero-order chi connectivity index (χ0) is 31.7. The van der Waals surface area contributed by atoms with E-state index in [1.165, 1.54) is 13.2 Å². The number of amides is 2. The number of fused-ring (bicyclic) bond motifs is 4. The molecule has 0 unspecified atom stereocenters. The van der Waals surface area contributed by atoms with Gasteiger partial charge in [-0.3, -0.25) is 9.59 Å². The second-order valence-corrected chi connectivity index (χ2v) is 11.9. The lowest BCUT2D eigenvalue weighted by Gasteiger charge is -2.44. The van der Waals surface area contributed by atoms with Gasteiger partial charge in [0.2, 0.25) is 5.91 Å². The van der Waals surface area contributed by atoms with Crippen LogP contribution in [0.4, 0.5) is 0 Å². The number of hydrogen-bond acceptors (Lipinski definition) is 9. The number of para-hydroxylation sites is 1. The molecule has 0 spiro atoms. The lowest BCUT2D eigenvalue weighted by atomic mass is 9.76. The van der Waals surface area contributed by atoms with E-state index >= 15 is 0 Å². The highest BCUT2D eigenvalue weighted by atomic mass is 16.5. The van der Waals surface area contributed by atoms with Crippen LogP contribution in [0.1, 0.15) is 65.9 Å². The Morgan fingerprint density at radius 3 is 2.53 bits per heavy atom. The molecule has 2 aliphatic carbocycles. The van der Waals surface area contributed by atoms with Gasteiger partial charge in [-0.1, -0.05) is 43.9 Å². The van der Waals surface area contributed by atoms with Gasteiger partial charge in [0.15, 0.2) is 11.5 Å². The summed E-state index contributed by atoms with van der Waals surface area (Å²) in [7, 11) is 1.47. The molecular formula is C34H38N2O9. The molecule has 2 aromatic carbocycles. The fourth-order valence-electron chi connectivity index (χ4n) is 7.02. The van der Waals surface area contributed by atoms with Crippen molar-refractivity contribution in [3.63, 3.8) is 0 Å². The summed E-state index contributed by atoms with van der Waals surface area (Å²) >= 11 is 0. The fourth-order valence-corrected chi connectivity index (χ4v) is 7.02. The van der Waals surface area contributed by atoms with Gasteiger partial charge in [0.1, 0.15) is 23.4 Å². The van der Waals surface area contributed by atoms with Gasteiger partial charge >= 0.3 is 5.63 Å². The Labute approximate surface area is 260 Å². The molecule has 1 fully saturated rings. The van der Waals surface area contributed by atoms with Crippen LogP contribution in [0.15, 0.2) is 63.3 Å². The van der Waals surface area contributed by atoms with Gasteiger partial charge in [0.05, 0.1) is 32.3 Å². The molecule has 45 heavy (non-hydrogen) atoms. The van der Waals surface area contributed by atoms with Crippen molar-refractivity contribution >= 4 is 22.8 Å². The fraction of sp³-hybridized carbons (Fsp3) is 0.441. The molecule has 3 aromatic rings. The van der Waals surface area contributed by atoms with Gasteiger partial charge in [0.25, 0.3) is 5.91 Å². The summed E-state index contributed by atoms with van der Waals surface area (Å²) in [4.78, 5) is 43.0. The topological polar surface area (TPSA) is 159 Å². The first-order chi connectivity index (χ1) is 21.9. The van der Waals surface area contributed by atoms with Gasteiger partial charge in [-0.15, -0.1) is 0 Å². The van der Waals surface area contributed by atoms with E-state index in [-0.39, 0.29) is 36.9 Å². The summed E-state index contributed by atoms with van der Waals surface area (Å²) < 4.78 is 17.4. The predicted molar refractivity (Wildman–Crippen MR) is 164 cm³/mol. The third kappa shape index (κ3) is 5.71. The molecule has 0 bridgehead atoms. The van der Waals surface area contributed by atoms with Gasteiger partial charge in [0, 0.05) is 29.1 Å². The number of aliphatic hydroxyl groups excluding tert-OH is 3. The molecule has 2 heterocycles. The molecule has 4 N–H and O–H groups in total. The van der Waals surface area contributed by atoms with Crippen LogP contribution in [0, 0.1) is 0 Å². The van der Waals surface area contributed by atoms with Crippen LogP contribution in [0.25, 0.3) is 11.0 Å². The average Bonchev–Trinajstić information content (AvgIpc) is 3.24. The van der Waals surface area contributed by atoms with Crippen LogP contribution in [0.3, 0.4) is 0 Å². The first-order valence-electron chi connectivity index (χ1n) is 15.5. The maximum atomic E-state index is 14.5. The quantitative estimate of drug-likeness (QED) is 0.220. The van der Waals surface area contributed by atoms with Crippen molar-refractivity contribution in [2.75, 3.05) is 20.3 Å². The number of carbonyl (C=O) groups excluding carboxylic acids is 2. The highest BCUT2D eigenvalue weighted by Crippen LogP contribution is 2.51. The van der Waals surface area contributed by atoms with E-state index in [0.717, 1.165) is 25.7 Å². The normalized spacial score (nSPS) is 22.9. The minimum atomic E-state index is -1.29. The third-order valence-electron chi connectivity index (χ3n) is 9.14. The number of rotatable bonds is 8. The van der Waals surface area contributed by atoms with Crippen LogP contribution in [-0.2, 0) is 11.4 Å². The lowest BCUT2D eigenvalue weighted by molar-refractivity contribution is -0.118. The highest BCUT2D eigenvalue weighted by Gasteiger charge is 2.52. The molecule has 11 nitrogen and oxygen atoms in total. The zero-order valence-corrected chi connectivity index (χ0v) is 25.1. The number of nitrogens with one attached hydrogen (secondary N) is 1. The largest absolute Gasteiger partial charge is 0.493 e. The second kappa shape index (κ2) is 13.0. The minimum Gasteiger partial charge on any atom is -0.493 e. The Kier molecular flexibility index (Phi) is 8.93. The summed E-state index contributed by atoms with van der Waals surface area (Å²) in [6.45, 7) is -0.558. The van der Waals surface area contributed by atoms with Crippen LogP contribution in [-0.4, -0.2) is 76.6 Å². The molecule has 1 aromatic heterocycles. The summed E-state index contributed by atoms with van der Waals surface area (Å²) in [6, 6.07) is 10.5. The van der Waals surface area contributed by atoms with Crippen molar-refractivity contribution in [1.29, 1.82) is 0 Å². The monoisotopic (exact) mass is 618 g/mol. The van der Waals surface area contributed by atoms with Crippen LogP contribution < -0.4 is 20.4 Å². The zero-order valence-electron chi connectivity index (χ0n) is 25.1. The molecule has 1 saturated carbocycles. The number of ether oxygens (including phenoxy) is 2. The van der Waals surface area contributed by atoms with Crippen molar-refractivity contribution in [1.82, 2.24) is 10.2 Å². The molecule has 0 radical (unpaired) electrons. The van der Waals surface area contributed by atoms with Crippen molar-refractivity contribution in [2.45, 2.75) is 75.3 Å². The Hall–Kier alpha value is -4.19. The minimum absolute atomic E-state index is 0.00208. The lowest BCUT2D eigenvalue weighted by Crippen LogP contribution is -2.58. The average molecular weight is 619 g/mol. The molecule has 238 valence electrons. The number of hydrogen-bond donors (Lipinski definition) is 4. The number of benzene rings is 2. The number of carbonyl (C=O) groups is 2. The maximum Gasteiger partial charge on any atom is 0.349 e. The molecule has 3 aliphatic rings. The van der Waals surface area contributed by atoms with E-state index in [4.69, 9.17) is 13.9 Å². The summed E-state index contributed by atoms with van der Waals surface area (Å²) in [6.07, 6.45) is 4.39. The first kappa shape index (κ1) is 30.8. The number of methoxy groups -OCH3 is 1. The Morgan fingerprint density at radius 2 is 1.82 bits per heavy atom. The molecule has 4 atom stereocenters. The number of aliphatic hydroxyl groups is 3. The first-order valence-corrected chi connectivity index (χ1v) is 15.5. The van der Waals surface area contributed by atoms with Gasteiger partial charge in [-0.2, -0.15) is 0 Å². The van der Waals surface area contributed by atoms with Crippen LogP contribution in [0.5, 0.6) is 11.5 Å². The van der Waals surface area contributed by atoms with E-state index in [1.54, 1.807) is 47.4 Å². The van der Waals surface area contributed by atoms with E-state index in [2.05, 4.69) is 5.32 Å². The van der Waals surface area contributed by atoms with Gasteiger partial charge < -0.3 is 39.4 Å². The molecule has 11 heteroatoms. The third-order valence-corrected chi connectivity index (χ3v) is 9.14. The Bertz CT molecular complexity index is 1670. The van der Waals surface area contributed by atoms with Crippen molar-refractivity contribution in [3.05, 3.63) is 81.2 Å². The summed E-state index contributed by atoms with van der Waals surface area (Å²) in [5.74, 6) is -1.14. The highest BCUT2D eigenvalue weighted by molar-refractivity contribution is 5.99. The standard InChI is InChI=1S/C34H38N2O9/c1-43-27-15-19(18-38)14-22-28-23(32(40)35-12-13-37)17-25(29(39)31(28)45-30(22)27)36(21-9-4-2-3-5-10-21)33(41)24-16-20-8-6-7-11-26(20)44-34(24)42/h6-8,11,14-17,21,25,28-29,31,37-39H,2-5,9-10,12-13,18H2,1H3,(H,35,40)/t25-,28+,29+,31+/m1/s1. The summed E-state index contributed by atoms with van der Waals surface area (Å²) in [5.41, 5.74) is 0.773. The molecule has 0 saturated heterocycles. The van der Waals surface area contributed by atoms with Gasteiger partial charge in [-0.05, 0) is 48.7 Å². The van der Waals surface area contributed by atoms with Crippen molar-refractivity contribution in [2.24, 2.45) is 0 Å². The van der Waals surface area contributed by atoms with Crippen molar-refractivity contribution in [3.8, 4) is 11.5 Å². The molecule has 6 rings (SSSR count). The van der Waals surface area contributed by atoms with Crippen LogP contribution >= 0.6 is 0 Å². The molecule has 2 amide bonds. The predicted octanol–water partition coefficient (Wildman–Crippen LogP) is 2.78. The van der Waals surface area contributed by atoms with Crippen LogP contribution in [0.2, 0.25) is 0 Å². The number of nitrogens with zero attached hydrogens (tertiary/aromatic N) is 1. The van der Waals surface area contributed by atoms with Gasteiger partial charge in [-0.25, -0.2) is 4.79 Å². The van der Waals surface area contributed by atoms with E-state index in [0.29, 0.717) is 46.4 Å².